The molecule has 4 heterocycles. The monoisotopic (exact) mass is 534 g/mol. The standard InChI is InChI=1S/C25H26F4N6O3/c1-11-9-35(10-12(2)38-11)24(37)15-6-18(26)22(30-8-15)31-13(3)16-7-17-21(32-19(16)25(27,28)29)33-20(14-4-5-14)34-23(17)36/h6-8,11-14H,4-5,9-10H2,1-3H3,(H,30,31)(H,32,33,34,36). The minimum atomic E-state index is -4.85. The van der Waals surface area contributed by atoms with Gasteiger partial charge in [0.25, 0.3) is 11.5 Å². The van der Waals surface area contributed by atoms with Gasteiger partial charge in [-0.05, 0) is 45.7 Å². The van der Waals surface area contributed by atoms with E-state index in [1.165, 1.54) is 13.1 Å². The van der Waals surface area contributed by atoms with Crippen molar-refractivity contribution in [2.24, 2.45) is 0 Å². The molecule has 1 saturated heterocycles. The molecule has 3 aromatic heterocycles. The Morgan fingerprint density at radius 1 is 1.18 bits per heavy atom. The highest BCUT2D eigenvalue weighted by molar-refractivity contribution is 5.94. The fraction of sp³-hybridized carbons (Fsp3) is 0.480. The third kappa shape index (κ3) is 5.19. The number of alkyl halides is 3. The number of hydrogen-bond acceptors (Lipinski definition) is 7. The van der Waals surface area contributed by atoms with E-state index in [-0.39, 0.29) is 46.1 Å². The summed E-state index contributed by atoms with van der Waals surface area (Å²) in [5.41, 5.74) is -2.47. The number of nitrogens with one attached hydrogen (secondary N) is 2. The molecule has 0 radical (unpaired) electrons. The van der Waals surface area contributed by atoms with Crippen LogP contribution in [0.3, 0.4) is 0 Å². The number of H-pyrrole nitrogens is 1. The van der Waals surface area contributed by atoms with Crippen LogP contribution in [0.2, 0.25) is 0 Å². The second kappa shape index (κ2) is 9.61. The van der Waals surface area contributed by atoms with E-state index in [2.05, 4.69) is 25.3 Å². The predicted octanol–water partition coefficient (Wildman–Crippen LogP) is 4.17. The number of nitrogens with zero attached hydrogens (tertiary/aromatic N) is 4. The third-order valence-corrected chi connectivity index (χ3v) is 6.59. The number of rotatable bonds is 5. The summed E-state index contributed by atoms with van der Waals surface area (Å²) in [6, 6.07) is 0.921. The zero-order chi connectivity index (χ0) is 27.4. The Balaban J connectivity index is 1.43. The molecular formula is C25H26F4N6O3. The third-order valence-electron chi connectivity index (χ3n) is 6.59. The number of aromatic amines is 1. The lowest BCUT2D eigenvalue weighted by Crippen LogP contribution is -2.48. The first-order chi connectivity index (χ1) is 17.9. The van der Waals surface area contributed by atoms with Gasteiger partial charge >= 0.3 is 6.18 Å². The average Bonchev–Trinajstić information content (AvgIpc) is 3.68. The smallest absolute Gasteiger partial charge is 0.372 e. The van der Waals surface area contributed by atoms with E-state index in [9.17, 15) is 27.2 Å². The molecule has 1 saturated carbocycles. The van der Waals surface area contributed by atoms with Gasteiger partial charge in [0.1, 0.15) is 5.82 Å². The van der Waals surface area contributed by atoms with Crippen LogP contribution >= 0.6 is 0 Å². The van der Waals surface area contributed by atoms with E-state index in [1.54, 1.807) is 4.90 Å². The van der Waals surface area contributed by atoms with Gasteiger partial charge in [0.2, 0.25) is 0 Å². The molecule has 0 spiro atoms. The summed E-state index contributed by atoms with van der Waals surface area (Å²) in [7, 11) is 0. The number of halogens is 4. The van der Waals surface area contributed by atoms with Gasteiger partial charge in [0.15, 0.2) is 23.0 Å². The summed E-state index contributed by atoms with van der Waals surface area (Å²) >= 11 is 0. The summed E-state index contributed by atoms with van der Waals surface area (Å²) in [5, 5.41) is 2.52. The van der Waals surface area contributed by atoms with E-state index < -0.39 is 35.2 Å². The molecule has 2 aliphatic rings. The van der Waals surface area contributed by atoms with Gasteiger partial charge in [-0.15, -0.1) is 0 Å². The lowest BCUT2D eigenvalue weighted by atomic mass is 10.0. The van der Waals surface area contributed by atoms with Gasteiger partial charge < -0.3 is 19.9 Å². The van der Waals surface area contributed by atoms with Gasteiger partial charge in [-0.25, -0.2) is 19.3 Å². The first-order valence-corrected chi connectivity index (χ1v) is 12.3. The normalized spacial score (nSPS) is 21.0. The molecule has 3 atom stereocenters. The van der Waals surface area contributed by atoms with E-state index >= 15 is 0 Å². The largest absolute Gasteiger partial charge is 0.433 e. The Hall–Kier alpha value is -3.61. The quantitative estimate of drug-likeness (QED) is 0.473. The summed E-state index contributed by atoms with van der Waals surface area (Å²) in [4.78, 5) is 41.4. The van der Waals surface area contributed by atoms with Crippen molar-refractivity contribution < 1.29 is 27.1 Å². The molecule has 13 heteroatoms. The van der Waals surface area contributed by atoms with Crippen LogP contribution in [-0.4, -0.2) is 56.0 Å². The molecule has 2 N–H and O–H groups in total. The highest BCUT2D eigenvalue weighted by atomic mass is 19.4. The molecule has 0 aromatic carbocycles. The number of fused-ring (bicyclic) bond motifs is 1. The van der Waals surface area contributed by atoms with Crippen LogP contribution < -0.4 is 10.9 Å². The van der Waals surface area contributed by atoms with Crippen molar-refractivity contribution in [2.75, 3.05) is 18.4 Å². The van der Waals surface area contributed by atoms with Crippen molar-refractivity contribution in [3.63, 3.8) is 0 Å². The van der Waals surface area contributed by atoms with Crippen LogP contribution in [0.15, 0.2) is 23.1 Å². The Morgan fingerprint density at radius 3 is 2.47 bits per heavy atom. The minimum Gasteiger partial charge on any atom is -0.372 e. The Bertz CT molecular complexity index is 1450. The van der Waals surface area contributed by atoms with Crippen molar-refractivity contribution in [1.82, 2.24) is 24.8 Å². The Morgan fingerprint density at radius 2 is 1.87 bits per heavy atom. The number of morpholine rings is 1. The van der Waals surface area contributed by atoms with Crippen molar-refractivity contribution >= 4 is 22.8 Å². The van der Waals surface area contributed by atoms with Crippen LogP contribution in [0.1, 0.15) is 73.0 Å². The van der Waals surface area contributed by atoms with E-state index in [4.69, 9.17) is 4.74 Å². The molecule has 9 nitrogen and oxygen atoms in total. The number of carbonyl (C=O) groups is 1. The molecule has 1 amide bonds. The van der Waals surface area contributed by atoms with Crippen LogP contribution in [0.5, 0.6) is 0 Å². The predicted molar refractivity (Wildman–Crippen MR) is 129 cm³/mol. The maximum Gasteiger partial charge on any atom is 0.433 e. The fourth-order valence-corrected chi connectivity index (χ4v) is 4.67. The highest BCUT2D eigenvalue weighted by Gasteiger charge is 2.38. The topological polar surface area (TPSA) is 113 Å². The van der Waals surface area contributed by atoms with Crippen LogP contribution in [0.4, 0.5) is 23.4 Å². The number of carbonyl (C=O) groups excluding carboxylic acids is 1. The number of hydrogen-bond donors (Lipinski definition) is 2. The molecule has 0 bridgehead atoms. The van der Waals surface area contributed by atoms with E-state index in [0.717, 1.165) is 25.0 Å². The zero-order valence-corrected chi connectivity index (χ0v) is 20.9. The number of ether oxygens (including phenoxy) is 1. The fourth-order valence-electron chi connectivity index (χ4n) is 4.67. The van der Waals surface area contributed by atoms with E-state index in [0.29, 0.717) is 18.9 Å². The molecule has 2 fully saturated rings. The summed E-state index contributed by atoms with van der Waals surface area (Å²) in [5.74, 6) is -1.34. The summed E-state index contributed by atoms with van der Waals surface area (Å²) in [6.45, 7) is 5.71. The average molecular weight is 535 g/mol. The number of anilines is 1. The maximum atomic E-state index is 15.0. The Kier molecular flexibility index (Phi) is 6.58. The second-order valence-electron chi connectivity index (χ2n) is 9.91. The van der Waals surface area contributed by atoms with Crippen molar-refractivity contribution in [3.05, 3.63) is 57.1 Å². The minimum absolute atomic E-state index is 0.00873. The van der Waals surface area contributed by atoms with Gasteiger partial charge in [-0.2, -0.15) is 13.2 Å². The maximum absolute atomic E-state index is 15.0. The molecule has 3 aromatic rings. The van der Waals surface area contributed by atoms with Crippen molar-refractivity contribution in [2.45, 2.75) is 64.0 Å². The first kappa shape index (κ1) is 26.0. The Labute approximate surface area is 214 Å². The summed E-state index contributed by atoms with van der Waals surface area (Å²) < 4.78 is 62.4. The lowest BCUT2D eigenvalue weighted by molar-refractivity contribution is -0.141. The number of amides is 1. The van der Waals surface area contributed by atoms with Gasteiger partial charge in [-0.3, -0.25) is 9.59 Å². The van der Waals surface area contributed by atoms with Gasteiger partial charge in [0.05, 0.1) is 29.2 Å². The van der Waals surface area contributed by atoms with Crippen molar-refractivity contribution in [3.8, 4) is 0 Å². The molecule has 3 unspecified atom stereocenters. The molecule has 1 aliphatic carbocycles. The molecule has 38 heavy (non-hydrogen) atoms. The summed E-state index contributed by atoms with van der Waals surface area (Å²) in [6.07, 6.45) is -2.44. The second-order valence-corrected chi connectivity index (χ2v) is 9.91. The number of aromatic nitrogens is 4. The zero-order valence-electron chi connectivity index (χ0n) is 20.9. The molecule has 5 rings (SSSR count). The lowest BCUT2D eigenvalue weighted by Gasteiger charge is -2.35. The number of pyridine rings is 2. The van der Waals surface area contributed by atoms with Crippen LogP contribution in [-0.2, 0) is 10.9 Å². The SMILES string of the molecule is CC1CN(C(=O)c2cnc(NC(C)c3cc4c(=O)[nH]c(C5CC5)nc4nc3C(F)(F)F)c(F)c2)CC(C)O1. The van der Waals surface area contributed by atoms with Crippen LogP contribution in [0.25, 0.3) is 11.0 Å². The van der Waals surface area contributed by atoms with Crippen LogP contribution in [0, 0.1) is 5.82 Å². The van der Waals surface area contributed by atoms with Gasteiger partial charge in [0, 0.05) is 30.8 Å². The molecule has 202 valence electrons. The highest BCUT2D eigenvalue weighted by Crippen LogP contribution is 2.39. The van der Waals surface area contributed by atoms with Gasteiger partial charge in [-0.1, -0.05) is 0 Å². The molecular weight excluding hydrogens is 508 g/mol. The van der Waals surface area contributed by atoms with Crippen molar-refractivity contribution in [1.29, 1.82) is 0 Å². The molecule has 1 aliphatic heterocycles. The first-order valence-electron chi connectivity index (χ1n) is 12.3. The van der Waals surface area contributed by atoms with E-state index in [1.807, 2.05) is 13.8 Å².